The average molecular weight is 301 g/mol. The molecule has 0 spiro atoms. The van der Waals surface area contributed by atoms with E-state index in [1.807, 2.05) is 30.3 Å². The van der Waals surface area contributed by atoms with Gasteiger partial charge in [-0.3, -0.25) is 14.9 Å². The number of nitro benzene ring substituents is 1. The first kappa shape index (κ1) is 15.5. The van der Waals surface area contributed by atoms with Crippen molar-refractivity contribution in [1.82, 2.24) is 0 Å². The summed E-state index contributed by atoms with van der Waals surface area (Å²) in [4.78, 5) is 21.4. The number of nitrogens with zero attached hydrogens (tertiary/aromatic N) is 1. The molecule has 0 aliphatic heterocycles. The normalized spacial score (nSPS) is 10.0. The van der Waals surface area contributed by atoms with Crippen LogP contribution in [-0.4, -0.2) is 24.9 Å². The van der Waals surface area contributed by atoms with E-state index in [0.717, 1.165) is 5.56 Å². The molecule has 2 rings (SSSR count). The summed E-state index contributed by atoms with van der Waals surface area (Å²) in [6.45, 7) is 0.266. The summed E-state index contributed by atoms with van der Waals surface area (Å²) in [5, 5.41) is 11.1. The Bertz CT molecular complexity index is 670. The van der Waals surface area contributed by atoms with Crippen LogP contribution in [0.25, 0.3) is 0 Å². The van der Waals surface area contributed by atoms with Gasteiger partial charge in [0.15, 0.2) is 5.75 Å². The van der Waals surface area contributed by atoms with Crippen LogP contribution in [0.4, 0.5) is 5.69 Å². The molecular formula is C16H15NO5. The molecule has 0 saturated carbocycles. The van der Waals surface area contributed by atoms with Gasteiger partial charge in [0.2, 0.25) is 5.75 Å². The Morgan fingerprint density at radius 1 is 1.23 bits per heavy atom. The first-order valence-electron chi connectivity index (χ1n) is 6.64. The quantitative estimate of drug-likeness (QED) is 0.446. The third-order valence-electron chi connectivity index (χ3n) is 3.09. The highest BCUT2D eigenvalue weighted by Gasteiger charge is 2.22. The Labute approximate surface area is 127 Å². The predicted molar refractivity (Wildman–Crippen MR) is 80.7 cm³/mol. The first-order chi connectivity index (χ1) is 10.7. The fourth-order valence-electron chi connectivity index (χ4n) is 2.02. The van der Waals surface area contributed by atoms with Crippen LogP contribution in [0.2, 0.25) is 0 Å². The number of methoxy groups -OCH3 is 1. The number of hydrogen-bond donors (Lipinski definition) is 0. The van der Waals surface area contributed by atoms with Crippen LogP contribution in [0.3, 0.4) is 0 Å². The molecule has 22 heavy (non-hydrogen) atoms. The molecule has 0 aliphatic carbocycles. The topological polar surface area (TPSA) is 78.7 Å². The summed E-state index contributed by atoms with van der Waals surface area (Å²) >= 11 is 0. The number of hydrogen-bond acceptors (Lipinski definition) is 5. The smallest absolute Gasteiger partial charge is 0.315 e. The van der Waals surface area contributed by atoms with Crippen molar-refractivity contribution in [2.45, 2.75) is 6.42 Å². The lowest BCUT2D eigenvalue weighted by molar-refractivity contribution is -0.386. The zero-order valence-corrected chi connectivity index (χ0v) is 12.0. The number of carbonyl (C=O) groups is 1. The van der Waals surface area contributed by atoms with Crippen molar-refractivity contribution in [2.24, 2.45) is 0 Å². The summed E-state index contributed by atoms with van der Waals surface area (Å²) < 4.78 is 10.6. The highest BCUT2D eigenvalue weighted by atomic mass is 16.6. The Morgan fingerprint density at radius 2 is 1.95 bits per heavy atom. The van der Waals surface area contributed by atoms with Crippen LogP contribution in [0.1, 0.15) is 15.9 Å². The average Bonchev–Trinajstić information content (AvgIpc) is 2.55. The molecule has 0 radical (unpaired) electrons. The maximum atomic E-state index is 11.1. The lowest BCUT2D eigenvalue weighted by Gasteiger charge is -2.11. The van der Waals surface area contributed by atoms with Gasteiger partial charge in [0.25, 0.3) is 0 Å². The Hall–Kier alpha value is -2.89. The third kappa shape index (κ3) is 3.60. The van der Waals surface area contributed by atoms with E-state index in [2.05, 4.69) is 0 Å². The molecule has 0 saturated heterocycles. The SMILES string of the molecule is COc1cc(C=O)cc([N+](=O)[O-])c1OCCc1ccccc1. The number of benzene rings is 2. The van der Waals surface area contributed by atoms with Crippen molar-refractivity contribution in [3.8, 4) is 11.5 Å². The molecule has 0 unspecified atom stereocenters. The van der Waals surface area contributed by atoms with Crippen molar-refractivity contribution in [3.63, 3.8) is 0 Å². The van der Waals surface area contributed by atoms with Gasteiger partial charge in [-0.2, -0.15) is 0 Å². The van der Waals surface area contributed by atoms with Crippen molar-refractivity contribution in [2.75, 3.05) is 13.7 Å². The fraction of sp³-hybridized carbons (Fsp3) is 0.188. The molecule has 6 heteroatoms. The highest BCUT2D eigenvalue weighted by Crippen LogP contribution is 2.38. The summed E-state index contributed by atoms with van der Waals surface area (Å²) in [5.41, 5.74) is 0.946. The van der Waals surface area contributed by atoms with Gasteiger partial charge < -0.3 is 9.47 Å². The van der Waals surface area contributed by atoms with Gasteiger partial charge in [0, 0.05) is 18.1 Å². The number of nitro groups is 1. The van der Waals surface area contributed by atoms with E-state index in [9.17, 15) is 14.9 Å². The van der Waals surface area contributed by atoms with E-state index in [0.29, 0.717) is 12.7 Å². The lowest BCUT2D eigenvalue weighted by atomic mass is 10.1. The minimum Gasteiger partial charge on any atom is -0.493 e. The van der Waals surface area contributed by atoms with Crippen molar-refractivity contribution < 1.29 is 19.2 Å². The molecule has 0 fully saturated rings. The number of carbonyl (C=O) groups excluding carboxylic acids is 1. The van der Waals surface area contributed by atoms with E-state index in [4.69, 9.17) is 9.47 Å². The molecule has 114 valence electrons. The van der Waals surface area contributed by atoms with Gasteiger partial charge in [-0.05, 0) is 11.6 Å². The summed E-state index contributed by atoms with van der Waals surface area (Å²) in [5.74, 6) is 0.207. The van der Waals surface area contributed by atoms with Crippen molar-refractivity contribution in [3.05, 3.63) is 63.7 Å². The number of rotatable bonds is 7. The maximum Gasteiger partial charge on any atom is 0.315 e. The first-order valence-corrected chi connectivity index (χ1v) is 6.64. The Morgan fingerprint density at radius 3 is 2.55 bits per heavy atom. The summed E-state index contributed by atoms with van der Waals surface area (Å²) in [7, 11) is 1.37. The van der Waals surface area contributed by atoms with Crippen LogP contribution < -0.4 is 9.47 Å². The minimum absolute atomic E-state index is 0.0361. The zero-order valence-electron chi connectivity index (χ0n) is 12.0. The fourth-order valence-corrected chi connectivity index (χ4v) is 2.02. The molecular weight excluding hydrogens is 286 g/mol. The highest BCUT2D eigenvalue weighted by molar-refractivity contribution is 5.79. The van der Waals surface area contributed by atoms with Gasteiger partial charge in [-0.15, -0.1) is 0 Å². The maximum absolute atomic E-state index is 11.1. The molecule has 0 bridgehead atoms. The van der Waals surface area contributed by atoms with Gasteiger partial charge in [-0.25, -0.2) is 0 Å². The number of aldehydes is 1. The van der Waals surface area contributed by atoms with Gasteiger partial charge in [0.05, 0.1) is 18.6 Å². The molecule has 0 aromatic heterocycles. The summed E-state index contributed by atoms with van der Waals surface area (Å²) in [6.07, 6.45) is 1.14. The van der Waals surface area contributed by atoms with Gasteiger partial charge in [0.1, 0.15) is 6.29 Å². The van der Waals surface area contributed by atoms with Crippen LogP contribution in [0, 0.1) is 10.1 Å². The summed E-state index contributed by atoms with van der Waals surface area (Å²) in [6, 6.07) is 12.2. The van der Waals surface area contributed by atoms with E-state index in [1.54, 1.807) is 0 Å². The molecule has 0 amide bonds. The van der Waals surface area contributed by atoms with E-state index in [-0.39, 0.29) is 29.4 Å². The molecule has 2 aromatic carbocycles. The van der Waals surface area contributed by atoms with Crippen molar-refractivity contribution >= 4 is 12.0 Å². The Kier molecular flexibility index (Phi) is 5.08. The predicted octanol–water partition coefficient (Wildman–Crippen LogP) is 3.04. The zero-order chi connectivity index (χ0) is 15.9. The van der Waals surface area contributed by atoms with E-state index in [1.165, 1.54) is 19.2 Å². The molecule has 0 N–H and O–H groups in total. The molecule has 0 atom stereocenters. The second-order valence-corrected chi connectivity index (χ2v) is 4.53. The van der Waals surface area contributed by atoms with Gasteiger partial charge >= 0.3 is 5.69 Å². The van der Waals surface area contributed by atoms with Crippen molar-refractivity contribution in [1.29, 1.82) is 0 Å². The second kappa shape index (κ2) is 7.21. The lowest BCUT2D eigenvalue weighted by Crippen LogP contribution is -2.05. The minimum atomic E-state index is -0.590. The molecule has 2 aromatic rings. The number of ether oxygens (including phenoxy) is 2. The van der Waals surface area contributed by atoms with Crippen LogP contribution in [-0.2, 0) is 6.42 Å². The van der Waals surface area contributed by atoms with E-state index >= 15 is 0 Å². The Balaban J connectivity index is 2.21. The largest absolute Gasteiger partial charge is 0.493 e. The van der Waals surface area contributed by atoms with Crippen LogP contribution >= 0.6 is 0 Å². The second-order valence-electron chi connectivity index (χ2n) is 4.53. The molecule has 0 aliphatic rings. The van der Waals surface area contributed by atoms with Gasteiger partial charge in [-0.1, -0.05) is 30.3 Å². The molecule has 0 heterocycles. The van der Waals surface area contributed by atoms with E-state index < -0.39 is 4.92 Å². The van der Waals surface area contributed by atoms with Crippen LogP contribution in [0.5, 0.6) is 11.5 Å². The standard InChI is InChI=1S/C16H15NO5/c1-21-15-10-13(11-18)9-14(17(19)20)16(15)22-8-7-12-5-3-2-4-6-12/h2-6,9-11H,7-8H2,1H3. The molecule has 6 nitrogen and oxygen atoms in total. The third-order valence-corrected chi connectivity index (χ3v) is 3.09. The van der Waals surface area contributed by atoms with Crippen LogP contribution in [0.15, 0.2) is 42.5 Å². The monoisotopic (exact) mass is 301 g/mol.